The SMILES string of the molecule is CCc1ccc(N2C(=O)C3C(C2=O)N2C(c4ccc([N+](=O)[O-])cc4)C4C(=O)N(c5ccc(CC)cc5)C(=O)C4N2C3c2ccc([N+](=O)[O-])cc2)cc1. The second-order valence-electron chi connectivity index (χ2n) is 13.4. The summed E-state index contributed by atoms with van der Waals surface area (Å²) < 4.78 is 0. The molecule has 8 rings (SSSR count). The fourth-order valence-electron chi connectivity index (χ4n) is 8.35. The normalized spacial score (nSPS) is 25.5. The first-order chi connectivity index (χ1) is 25.0. The molecule has 4 fully saturated rings. The number of nitro groups is 2. The van der Waals surface area contributed by atoms with Crippen LogP contribution in [0.5, 0.6) is 0 Å². The highest BCUT2D eigenvalue weighted by molar-refractivity contribution is 6.26. The zero-order valence-corrected chi connectivity index (χ0v) is 28.1. The fraction of sp³-hybridized carbons (Fsp3) is 0.263. The van der Waals surface area contributed by atoms with Crippen LogP contribution in [0.1, 0.15) is 48.2 Å². The average Bonchev–Trinajstić information content (AvgIpc) is 3.83. The lowest BCUT2D eigenvalue weighted by Crippen LogP contribution is -2.50. The minimum atomic E-state index is -1.16. The minimum absolute atomic E-state index is 0.182. The quantitative estimate of drug-likeness (QED) is 0.137. The first kappa shape index (κ1) is 33.0. The highest BCUT2D eigenvalue weighted by Gasteiger charge is 2.73. The zero-order chi connectivity index (χ0) is 36.6. The third-order valence-electron chi connectivity index (χ3n) is 10.8. The molecular weight excluding hydrogens is 668 g/mol. The van der Waals surface area contributed by atoms with Gasteiger partial charge in [0.1, 0.15) is 12.1 Å². The van der Waals surface area contributed by atoms with Crippen LogP contribution in [-0.2, 0) is 32.0 Å². The molecule has 4 amide bonds. The number of carbonyl (C=O) groups excluding carboxylic acids is 4. The third kappa shape index (κ3) is 4.78. The smallest absolute Gasteiger partial charge is 0.269 e. The third-order valence-corrected chi connectivity index (χ3v) is 10.8. The molecule has 4 heterocycles. The summed E-state index contributed by atoms with van der Waals surface area (Å²) in [6.07, 6.45) is 1.50. The molecule has 0 spiro atoms. The van der Waals surface area contributed by atoms with Crippen molar-refractivity contribution in [3.8, 4) is 0 Å². The number of amides is 4. The van der Waals surface area contributed by atoms with Crippen LogP contribution in [0.4, 0.5) is 22.7 Å². The van der Waals surface area contributed by atoms with Gasteiger partial charge in [-0.25, -0.2) is 19.8 Å². The van der Waals surface area contributed by atoms with Crippen LogP contribution in [0.15, 0.2) is 97.1 Å². The molecule has 4 aromatic carbocycles. The van der Waals surface area contributed by atoms with Crippen LogP contribution < -0.4 is 9.80 Å². The number of hydrazine groups is 1. The Labute approximate surface area is 297 Å². The van der Waals surface area contributed by atoms with E-state index in [0.29, 0.717) is 22.5 Å². The Balaban J connectivity index is 1.31. The Kier molecular flexibility index (Phi) is 7.81. The average molecular weight is 701 g/mol. The molecule has 262 valence electrons. The summed E-state index contributed by atoms with van der Waals surface area (Å²) in [4.78, 5) is 82.9. The fourth-order valence-corrected chi connectivity index (χ4v) is 8.35. The molecule has 14 heteroatoms. The van der Waals surface area contributed by atoms with Gasteiger partial charge >= 0.3 is 0 Å². The second-order valence-corrected chi connectivity index (χ2v) is 13.4. The molecule has 0 aromatic heterocycles. The Morgan fingerprint density at radius 1 is 0.481 bits per heavy atom. The number of nitrogens with zero attached hydrogens (tertiary/aromatic N) is 6. The second kappa shape index (κ2) is 12.3. The Hall–Kier alpha value is -6.12. The van der Waals surface area contributed by atoms with Gasteiger partial charge in [0.05, 0.1) is 45.1 Å². The number of carbonyl (C=O) groups is 4. The number of benzene rings is 4. The first-order valence-corrected chi connectivity index (χ1v) is 17.0. The van der Waals surface area contributed by atoms with Crippen molar-refractivity contribution in [2.75, 3.05) is 9.80 Å². The molecule has 0 aliphatic carbocycles. The molecule has 4 aliphatic rings. The molecule has 6 unspecified atom stereocenters. The number of imide groups is 2. The summed E-state index contributed by atoms with van der Waals surface area (Å²) in [6, 6.07) is 21.1. The number of hydrogen-bond donors (Lipinski definition) is 0. The number of rotatable bonds is 8. The molecule has 4 saturated heterocycles. The maximum atomic E-state index is 14.6. The molecule has 14 nitrogen and oxygen atoms in total. The lowest BCUT2D eigenvalue weighted by Gasteiger charge is -2.35. The van der Waals surface area contributed by atoms with Crippen LogP contribution in [0.25, 0.3) is 0 Å². The first-order valence-electron chi connectivity index (χ1n) is 17.0. The van der Waals surface area contributed by atoms with Gasteiger partial charge in [-0.2, -0.15) is 0 Å². The highest BCUT2D eigenvalue weighted by Crippen LogP contribution is 2.60. The molecular formula is C38H32N6O8. The number of fused-ring (bicyclic) bond motifs is 5. The molecule has 0 radical (unpaired) electrons. The monoisotopic (exact) mass is 700 g/mol. The van der Waals surface area contributed by atoms with E-state index in [9.17, 15) is 39.4 Å². The summed E-state index contributed by atoms with van der Waals surface area (Å²) in [5.74, 6) is -4.26. The van der Waals surface area contributed by atoms with Crippen LogP contribution in [0.2, 0.25) is 0 Å². The van der Waals surface area contributed by atoms with E-state index in [1.54, 1.807) is 34.3 Å². The van der Waals surface area contributed by atoms with Gasteiger partial charge in [-0.05, 0) is 59.4 Å². The number of nitro benzene ring substituents is 2. The number of anilines is 2. The summed E-state index contributed by atoms with van der Waals surface area (Å²) in [5, 5.41) is 26.5. The van der Waals surface area contributed by atoms with Crippen molar-refractivity contribution in [1.82, 2.24) is 10.0 Å². The predicted octanol–water partition coefficient (Wildman–Crippen LogP) is 5.07. The van der Waals surface area contributed by atoms with Crippen molar-refractivity contribution in [2.45, 2.75) is 50.9 Å². The van der Waals surface area contributed by atoms with E-state index < -0.39 is 69.5 Å². The van der Waals surface area contributed by atoms with Gasteiger partial charge in [-0.1, -0.05) is 62.4 Å². The molecule has 4 aliphatic heterocycles. The van der Waals surface area contributed by atoms with Crippen LogP contribution in [0, 0.1) is 32.1 Å². The van der Waals surface area contributed by atoms with E-state index in [1.807, 2.05) is 38.1 Å². The molecule has 0 bridgehead atoms. The van der Waals surface area contributed by atoms with E-state index in [0.717, 1.165) is 33.8 Å². The van der Waals surface area contributed by atoms with Crippen molar-refractivity contribution in [2.24, 2.45) is 11.8 Å². The van der Waals surface area contributed by atoms with Crippen LogP contribution in [-0.4, -0.2) is 55.6 Å². The van der Waals surface area contributed by atoms with Crippen molar-refractivity contribution in [3.05, 3.63) is 140 Å². The largest absolute Gasteiger partial charge is 0.274 e. The summed E-state index contributed by atoms with van der Waals surface area (Å²) >= 11 is 0. The maximum Gasteiger partial charge on any atom is 0.269 e. The van der Waals surface area contributed by atoms with Crippen molar-refractivity contribution < 1.29 is 29.0 Å². The Morgan fingerprint density at radius 3 is 1.10 bits per heavy atom. The van der Waals surface area contributed by atoms with Gasteiger partial charge in [0.2, 0.25) is 11.8 Å². The van der Waals surface area contributed by atoms with Gasteiger partial charge in [0, 0.05) is 24.3 Å². The lowest BCUT2D eigenvalue weighted by atomic mass is 9.84. The molecule has 0 N–H and O–H groups in total. The number of aryl methyl sites for hydroxylation is 2. The van der Waals surface area contributed by atoms with E-state index in [-0.39, 0.29) is 11.4 Å². The number of non-ortho nitro benzene ring substituents is 2. The number of hydrogen-bond acceptors (Lipinski definition) is 10. The van der Waals surface area contributed by atoms with Crippen molar-refractivity contribution >= 4 is 46.4 Å². The van der Waals surface area contributed by atoms with Crippen molar-refractivity contribution in [3.63, 3.8) is 0 Å². The Bertz CT molecular complexity index is 2000. The molecule has 6 atom stereocenters. The van der Waals surface area contributed by atoms with E-state index in [4.69, 9.17) is 0 Å². The van der Waals surface area contributed by atoms with Crippen LogP contribution >= 0.6 is 0 Å². The lowest BCUT2D eigenvalue weighted by molar-refractivity contribution is -0.385. The molecule has 0 saturated carbocycles. The van der Waals surface area contributed by atoms with Crippen LogP contribution in [0.3, 0.4) is 0 Å². The minimum Gasteiger partial charge on any atom is -0.274 e. The predicted molar refractivity (Wildman–Crippen MR) is 187 cm³/mol. The van der Waals surface area contributed by atoms with E-state index >= 15 is 0 Å². The summed E-state index contributed by atoms with van der Waals surface area (Å²) in [5.41, 5.74) is 3.29. The van der Waals surface area contributed by atoms with Gasteiger partial charge in [-0.15, -0.1) is 0 Å². The highest BCUT2D eigenvalue weighted by atomic mass is 16.6. The van der Waals surface area contributed by atoms with Gasteiger partial charge in [-0.3, -0.25) is 39.4 Å². The molecule has 4 aromatic rings. The maximum absolute atomic E-state index is 14.6. The van der Waals surface area contributed by atoms with Crippen molar-refractivity contribution in [1.29, 1.82) is 0 Å². The summed E-state index contributed by atoms with van der Waals surface area (Å²) in [6.45, 7) is 3.98. The van der Waals surface area contributed by atoms with Gasteiger partial charge in [0.15, 0.2) is 0 Å². The van der Waals surface area contributed by atoms with E-state index in [2.05, 4.69) is 0 Å². The summed E-state index contributed by atoms with van der Waals surface area (Å²) in [7, 11) is 0. The topological polar surface area (TPSA) is 168 Å². The Morgan fingerprint density at radius 2 is 0.808 bits per heavy atom. The van der Waals surface area contributed by atoms with E-state index in [1.165, 1.54) is 48.5 Å². The molecule has 52 heavy (non-hydrogen) atoms. The van der Waals surface area contributed by atoms with Gasteiger partial charge in [0.25, 0.3) is 23.2 Å². The standard InChI is InChI=1S/C38H32N6O8/c1-3-21-5-13-25(14-6-21)39-35(45)29-31(23-9-17-27(18-10-23)43(49)50)42-34-30(36(46)40(38(34)48)26-15-7-22(4-2)8-16-26)32(41(42)33(29)37(39)47)24-11-19-28(20-12-24)44(51)52/h5-20,29-34H,3-4H2,1-2H3. The zero-order valence-electron chi connectivity index (χ0n) is 28.1. The van der Waals surface area contributed by atoms with Gasteiger partial charge < -0.3 is 0 Å².